The summed E-state index contributed by atoms with van der Waals surface area (Å²) in [5, 5.41) is 0. The van der Waals surface area contributed by atoms with E-state index in [4.69, 9.17) is 14.2 Å². The zero-order chi connectivity index (χ0) is 52.9. The van der Waals surface area contributed by atoms with Gasteiger partial charge >= 0.3 is 17.9 Å². The predicted octanol–water partition coefficient (Wildman–Crippen LogP) is 22.0. The maximum Gasteiger partial charge on any atom is 0.306 e. The molecule has 0 aliphatic carbocycles. The third-order valence-electron chi connectivity index (χ3n) is 14.6. The lowest BCUT2D eigenvalue weighted by Gasteiger charge is -2.18. The van der Waals surface area contributed by atoms with Gasteiger partial charge in [-0.1, -0.05) is 314 Å². The van der Waals surface area contributed by atoms with Gasteiger partial charge in [0.1, 0.15) is 13.2 Å². The van der Waals surface area contributed by atoms with Gasteiger partial charge in [0.05, 0.1) is 0 Å². The van der Waals surface area contributed by atoms with Crippen LogP contribution >= 0.6 is 0 Å². The van der Waals surface area contributed by atoms with Crippen LogP contribution in [0.5, 0.6) is 0 Å². The Labute approximate surface area is 455 Å². The first kappa shape index (κ1) is 70.6. The highest BCUT2D eigenvalue weighted by Crippen LogP contribution is 2.18. The minimum absolute atomic E-state index is 0.0742. The maximum atomic E-state index is 12.8. The molecule has 0 radical (unpaired) electrons. The van der Waals surface area contributed by atoms with Crippen LogP contribution in [0.1, 0.15) is 355 Å². The lowest BCUT2D eigenvalue weighted by atomic mass is 10.0. The molecule has 0 aliphatic heterocycles. The molecular formula is C67H124O6. The van der Waals surface area contributed by atoms with Gasteiger partial charge in [0, 0.05) is 19.3 Å². The van der Waals surface area contributed by atoms with E-state index < -0.39 is 6.10 Å². The summed E-state index contributed by atoms with van der Waals surface area (Å²) in [6.45, 7) is 6.57. The van der Waals surface area contributed by atoms with Crippen LogP contribution in [0, 0.1) is 0 Å². The van der Waals surface area contributed by atoms with E-state index in [2.05, 4.69) is 57.2 Å². The third kappa shape index (κ3) is 60.4. The minimum Gasteiger partial charge on any atom is -0.462 e. The third-order valence-corrected chi connectivity index (χ3v) is 14.6. The Hall–Kier alpha value is -2.37. The first-order valence-electron chi connectivity index (χ1n) is 32.5. The number of unbranched alkanes of at least 4 members (excludes halogenated alkanes) is 43. The maximum absolute atomic E-state index is 12.8. The molecule has 428 valence electrons. The molecular weight excluding hydrogens is 901 g/mol. The normalized spacial score (nSPS) is 12.2. The van der Waals surface area contributed by atoms with Crippen LogP contribution in [-0.2, 0) is 28.6 Å². The van der Waals surface area contributed by atoms with Crippen molar-refractivity contribution in [1.29, 1.82) is 0 Å². The average Bonchev–Trinajstić information content (AvgIpc) is 3.39. The number of esters is 3. The Balaban J connectivity index is 3.93. The molecule has 6 heteroatoms. The highest BCUT2D eigenvalue weighted by molar-refractivity contribution is 5.71. The molecule has 73 heavy (non-hydrogen) atoms. The van der Waals surface area contributed by atoms with E-state index in [1.165, 1.54) is 231 Å². The topological polar surface area (TPSA) is 78.9 Å². The summed E-state index contributed by atoms with van der Waals surface area (Å²) in [7, 11) is 0. The van der Waals surface area contributed by atoms with Crippen LogP contribution in [-0.4, -0.2) is 37.2 Å². The summed E-state index contributed by atoms with van der Waals surface area (Å²) in [5.41, 5.74) is 0. The van der Waals surface area contributed by atoms with Crippen molar-refractivity contribution in [1.82, 2.24) is 0 Å². The molecule has 0 saturated heterocycles. The monoisotopic (exact) mass is 1020 g/mol. The molecule has 0 fully saturated rings. The Kier molecular flexibility index (Phi) is 60.2. The molecule has 0 aromatic carbocycles. The van der Waals surface area contributed by atoms with Gasteiger partial charge in [-0.25, -0.2) is 0 Å². The van der Waals surface area contributed by atoms with E-state index in [1.807, 2.05) is 0 Å². The molecule has 0 bridgehead atoms. The number of hydrogen-bond acceptors (Lipinski definition) is 6. The van der Waals surface area contributed by atoms with Crippen molar-refractivity contribution < 1.29 is 28.6 Å². The highest BCUT2D eigenvalue weighted by Gasteiger charge is 2.19. The van der Waals surface area contributed by atoms with Gasteiger partial charge in [0.25, 0.3) is 0 Å². The molecule has 0 saturated carbocycles. The number of carbonyl (C=O) groups is 3. The summed E-state index contributed by atoms with van der Waals surface area (Å²) in [6.07, 6.45) is 76.5. The summed E-state index contributed by atoms with van der Waals surface area (Å²) in [4.78, 5) is 37.9. The van der Waals surface area contributed by atoms with Crippen LogP contribution in [0.25, 0.3) is 0 Å². The molecule has 6 nitrogen and oxygen atoms in total. The van der Waals surface area contributed by atoms with Gasteiger partial charge in [0.15, 0.2) is 6.10 Å². The van der Waals surface area contributed by atoms with E-state index in [9.17, 15) is 14.4 Å². The van der Waals surface area contributed by atoms with Crippen molar-refractivity contribution in [2.24, 2.45) is 0 Å². The van der Waals surface area contributed by atoms with Gasteiger partial charge < -0.3 is 14.2 Å². The fraction of sp³-hybridized carbons (Fsp3) is 0.866. The number of ether oxygens (including phenoxy) is 3. The van der Waals surface area contributed by atoms with E-state index in [0.717, 1.165) is 83.5 Å². The van der Waals surface area contributed by atoms with Crippen LogP contribution < -0.4 is 0 Å². The fourth-order valence-electron chi connectivity index (χ4n) is 9.75. The molecule has 0 heterocycles. The number of rotatable bonds is 60. The smallest absolute Gasteiger partial charge is 0.306 e. The molecule has 0 spiro atoms. The summed E-state index contributed by atoms with van der Waals surface area (Å²) in [6, 6.07) is 0. The standard InChI is InChI=1S/C67H124O6/c1-4-7-10-13-15-17-19-21-23-25-27-28-29-30-31-32-33-34-35-36-37-38-40-41-43-45-47-49-51-54-57-60-66(69)72-63-64(62-71-65(68)59-56-53-12-9-6-3)73-67(70)61-58-55-52-50-48-46-44-42-39-26-24-22-20-18-16-14-11-8-5-2/h16,18,22,24,39,42,64H,4-15,17,19-21,23,25-38,40-41,43-63H2,1-3H3/b18-16-,24-22-,42-39-. The lowest BCUT2D eigenvalue weighted by Crippen LogP contribution is -2.30. The summed E-state index contributed by atoms with van der Waals surface area (Å²) < 4.78 is 16.8. The van der Waals surface area contributed by atoms with Gasteiger partial charge in [0.2, 0.25) is 0 Å². The molecule has 0 N–H and O–H groups in total. The Morgan fingerprint density at radius 3 is 0.795 bits per heavy atom. The van der Waals surface area contributed by atoms with E-state index in [0.29, 0.717) is 19.3 Å². The number of allylic oxidation sites excluding steroid dienone is 6. The van der Waals surface area contributed by atoms with Crippen LogP contribution in [0.2, 0.25) is 0 Å². The molecule has 0 aromatic heterocycles. The minimum atomic E-state index is -0.774. The van der Waals surface area contributed by atoms with Crippen molar-refractivity contribution in [3.8, 4) is 0 Å². The molecule has 0 amide bonds. The van der Waals surface area contributed by atoms with Crippen molar-refractivity contribution >= 4 is 17.9 Å². The summed E-state index contributed by atoms with van der Waals surface area (Å²) >= 11 is 0. The largest absolute Gasteiger partial charge is 0.462 e. The first-order chi connectivity index (χ1) is 36.0. The Bertz CT molecular complexity index is 1220. The highest BCUT2D eigenvalue weighted by atomic mass is 16.6. The van der Waals surface area contributed by atoms with Gasteiger partial charge in [-0.3, -0.25) is 14.4 Å². The van der Waals surface area contributed by atoms with Gasteiger partial charge in [-0.15, -0.1) is 0 Å². The second kappa shape index (κ2) is 62.2. The SMILES string of the molecule is CCCCC/C=C\C/C=C\C/C=C\CCCCCCCCC(=O)OC(COC(=O)CCCCCCC)COC(=O)CCCCCCCCCCCCCCCCCCCCCCCCCCCCCCCCC. The molecule has 1 atom stereocenters. The van der Waals surface area contributed by atoms with Crippen LogP contribution in [0.4, 0.5) is 0 Å². The van der Waals surface area contributed by atoms with Gasteiger partial charge in [-0.05, 0) is 57.8 Å². The summed E-state index contributed by atoms with van der Waals surface area (Å²) in [5.74, 6) is -0.883. The van der Waals surface area contributed by atoms with Crippen LogP contribution in [0.15, 0.2) is 36.5 Å². The van der Waals surface area contributed by atoms with Crippen molar-refractivity contribution in [2.75, 3.05) is 13.2 Å². The molecule has 0 rings (SSSR count). The van der Waals surface area contributed by atoms with E-state index >= 15 is 0 Å². The molecule has 0 aromatic rings. The van der Waals surface area contributed by atoms with Crippen molar-refractivity contribution in [3.63, 3.8) is 0 Å². The fourth-order valence-corrected chi connectivity index (χ4v) is 9.75. The second-order valence-electron chi connectivity index (χ2n) is 22.0. The lowest BCUT2D eigenvalue weighted by molar-refractivity contribution is -0.167. The van der Waals surface area contributed by atoms with Gasteiger partial charge in [-0.2, -0.15) is 0 Å². The van der Waals surface area contributed by atoms with E-state index in [-0.39, 0.29) is 31.1 Å². The second-order valence-corrected chi connectivity index (χ2v) is 22.0. The Morgan fingerprint density at radius 1 is 0.274 bits per heavy atom. The average molecular weight is 1030 g/mol. The predicted molar refractivity (Wildman–Crippen MR) is 316 cm³/mol. The molecule has 0 aliphatic rings. The first-order valence-corrected chi connectivity index (χ1v) is 32.5. The van der Waals surface area contributed by atoms with Crippen molar-refractivity contribution in [2.45, 2.75) is 361 Å². The zero-order valence-electron chi connectivity index (χ0n) is 49.2. The quantitative estimate of drug-likeness (QED) is 0.0261. The van der Waals surface area contributed by atoms with Crippen LogP contribution in [0.3, 0.4) is 0 Å². The number of hydrogen-bond donors (Lipinski definition) is 0. The number of carbonyl (C=O) groups excluding carboxylic acids is 3. The zero-order valence-corrected chi connectivity index (χ0v) is 49.2. The van der Waals surface area contributed by atoms with Crippen molar-refractivity contribution in [3.05, 3.63) is 36.5 Å². The Morgan fingerprint density at radius 2 is 0.493 bits per heavy atom. The molecule has 1 unspecified atom stereocenters. The van der Waals surface area contributed by atoms with E-state index in [1.54, 1.807) is 0 Å².